The van der Waals surface area contributed by atoms with E-state index in [-0.39, 0.29) is 19.0 Å². The van der Waals surface area contributed by atoms with E-state index in [0.29, 0.717) is 6.54 Å². The molecule has 0 saturated carbocycles. The highest BCUT2D eigenvalue weighted by molar-refractivity contribution is 5.78. The second-order valence-corrected chi connectivity index (χ2v) is 4.13. The molecule has 0 aliphatic carbocycles. The fourth-order valence-electron chi connectivity index (χ4n) is 1.85. The number of likely N-dealkylation sites (N-methyl/N-ethyl adjacent to an activating group) is 1. The number of nitrogens with two attached hydrogens (primary N) is 1. The van der Waals surface area contributed by atoms with Gasteiger partial charge < -0.3 is 10.6 Å². The monoisotopic (exact) mass is 239 g/mol. The Hall–Kier alpha value is -0.820. The molecule has 1 heterocycles. The van der Waals surface area contributed by atoms with Crippen molar-refractivity contribution in [3.05, 3.63) is 0 Å². The van der Waals surface area contributed by atoms with Crippen molar-refractivity contribution >= 4 is 5.91 Å². The molecule has 94 valence electrons. The lowest BCUT2D eigenvalue weighted by molar-refractivity contribution is -0.192. The molecular formula is C9H16F3N3O. The van der Waals surface area contributed by atoms with Crippen LogP contribution >= 0.6 is 0 Å². The first-order valence-corrected chi connectivity index (χ1v) is 5.04. The van der Waals surface area contributed by atoms with Crippen molar-refractivity contribution in [2.75, 3.05) is 26.7 Å². The van der Waals surface area contributed by atoms with Gasteiger partial charge in [0.1, 0.15) is 6.04 Å². The van der Waals surface area contributed by atoms with Crippen LogP contribution in [-0.4, -0.2) is 60.6 Å². The highest BCUT2D eigenvalue weighted by Crippen LogP contribution is 2.27. The number of carbonyl (C=O) groups is 1. The highest BCUT2D eigenvalue weighted by Gasteiger charge is 2.47. The molecule has 4 nitrogen and oxygen atoms in total. The predicted molar refractivity (Wildman–Crippen MR) is 52.7 cm³/mol. The Bertz CT molecular complexity index is 267. The molecular weight excluding hydrogens is 223 g/mol. The lowest BCUT2D eigenvalue weighted by Gasteiger charge is -2.39. The summed E-state index contributed by atoms with van der Waals surface area (Å²) in [5, 5.41) is 0. The fourth-order valence-corrected chi connectivity index (χ4v) is 1.85. The quantitative estimate of drug-likeness (QED) is 0.740. The van der Waals surface area contributed by atoms with Gasteiger partial charge in [-0.15, -0.1) is 0 Å². The van der Waals surface area contributed by atoms with Gasteiger partial charge in [0, 0.05) is 26.2 Å². The highest BCUT2D eigenvalue weighted by atomic mass is 19.4. The van der Waals surface area contributed by atoms with Gasteiger partial charge in [0.2, 0.25) is 5.91 Å². The van der Waals surface area contributed by atoms with Gasteiger partial charge in [-0.1, -0.05) is 0 Å². The van der Waals surface area contributed by atoms with Crippen LogP contribution in [0.1, 0.15) is 6.92 Å². The molecule has 1 aliphatic heterocycles. The first-order chi connectivity index (χ1) is 7.23. The number of hydrogen-bond donors (Lipinski definition) is 1. The molecule has 0 bridgehead atoms. The van der Waals surface area contributed by atoms with Gasteiger partial charge in [0.05, 0.1) is 6.54 Å². The maximum Gasteiger partial charge on any atom is 0.405 e. The third-order valence-electron chi connectivity index (χ3n) is 2.71. The summed E-state index contributed by atoms with van der Waals surface area (Å²) in [6.45, 7) is 1.59. The molecule has 1 aliphatic rings. The molecule has 0 spiro atoms. The third kappa shape index (κ3) is 2.85. The molecule has 0 aromatic carbocycles. The normalized spacial score (nSPS) is 23.4. The van der Waals surface area contributed by atoms with Crippen LogP contribution in [0.3, 0.4) is 0 Å². The predicted octanol–water partition coefficient (Wildman–Crippen LogP) is 0.0385. The van der Waals surface area contributed by atoms with E-state index in [4.69, 9.17) is 5.73 Å². The molecule has 0 radical (unpaired) electrons. The van der Waals surface area contributed by atoms with E-state index in [1.165, 1.54) is 11.8 Å². The Kier molecular flexibility index (Phi) is 3.80. The lowest BCUT2D eigenvalue weighted by atomic mass is 10.1. The van der Waals surface area contributed by atoms with E-state index in [0.717, 1.165) is 4.90 Å². The van der Waals surface area contributed by atoms with Crippen molar-refractivity contribution in [1.82, 2.24) is 9.80 Å². The molecule has 1 saturated heterocycles. The largest absolute Gasteiger partial charge is 0.405 e. The Balaban J connectivity index is 2.77. The number of halogens is 3. The van der Waals surface area contributed by atoms with E-state index in [1.807, 2.05) is 0 Å². The molecule has 0 aromatic heterocycles. The number of rotatable bonds is 2. The Morgan fingerprint density at radius 2 is 1.94 bits per heavy atom. The molecule has 7 heteroatoms. The Labute approximate surface area is 92.2 Å². The summed E-state index contributed by atoms with van der Waals surface area (Å²) < 4.78 is 38.2. The Morgan fingerprint density at radius 1 is 1.38 bits per heavy atom. The number of alkyl halides is 3. The van der Waals surface area contributed by atoms with Crippen molar-refractivity contribution in [1.29, 1.82) is 0 Å². The van der Waals surface area contributed by atoms with Crippen LogP contribution in [0.2, 0.25) is 0 Å². The number of piperazine rings is 1. The third-order valence-corrected chi connectivity index (χ3v) is 2.71. The second-order valence-electron chi connectivity index (χ2n) is 4.13. The van der Waals surface area contributed by atoms with Crippen LogP contribution in [0.5, 0.6) is 0 Å². The minimum atomic E-state index is -4.40. The topological polar surface area (TPSA) is 49.6 Å². The first kappa shape index (κ1) is 13.2. The smallest absolute Gasteiger partial charge is 0.343 e. The van der Waals surface area contributed by atoms with Crippen molar-refractivity contribution < 1.29 is 18.0 Å². The zero-order valence-electron chi connectivity index (χ0n) is 9.29. The van der Waals surface area contributed by atoms with Gasteiger partial charge >= 0.3 is 6.18 Å². The number of amides is 1. The first-order valence-electron chi connectivity index (χ1n) is 5.04. The zero-order valence-corrected chi connectivity index (χ0v) is 9.29. The van der Waals surface area contributed by atoms with Gasteiger partial charge in [-0.25, -0.2) is 0 Å². The molecule has 16 heavy (non-hydrogen) atoms. The van der Waals surface area contributed by atoms with E-state index < -0.39 is 18.3 Å². The number of nitrogens with zero attached hydrogens (tertiary/aromatic N) is 2. The van der Waals surface area contributed by atoms with Crippen molar-refractivity contribution in [3.63, 3.8) is 0 Å². The molecule has 2 atom stereocenters. The lowest BCUT2D eigenvalue weighted by Crippen LogP contribution is -2.61. The van der Waals surface area contributed by atoms with Crippen molar-refractivity contribution in [2.45, 2.75) is 25.2 Å². The average molecular weight is 239 g/mol. The number of carbonyl (C=O) groups excluding carboxylic acids is 1. The Morgan fingerprint density at radius 3 is 2.31 bits per heavy atom. The summed E-state index contributed by atoms with van der Waals surface area (Å²) in [4.78, 5) is 13.9. The fraction of sp³-hybridized carbons (Fsp3) is 0.889. The SMILES string of the molecule is CC(N)C(N1CCN(C)C(=O)C1)C(F)(F)F. The minimum absolute atomic E-state index is 0.202. The van der Waals surface area contributed by atoms with Crippen LogP contribution in [0.15, 0.2) is 0 Å². The van der Waals surface area contributed by atoms with Crippen LogP contribution < -0.4 is 5.73 Å². The van der Waals surface area contributed by atoms with Crippen LogP contribution in [-0.2, 0) is 4.79 Å². The van der Waals surface area contributed by atoms with Crippen molar-refractivity contribution in [3.8, 4) is 0 Å². The summed E-state index contributed by atoms with van der Waals surface area (Å²) in [6, 6.07) is -2.79. The van der Waals surface area contributed by atoms with Crippen LogP contribution in [0.4, 0.5) is 13.2 Å². The standard InChI is InChI=1S/C9H16F3N3O/c1-6(13)8(9(10,11)12)15-4-3-14(2)7(16)5-15/h6,8H,3-5,13H2,1-2H3. The maximum atomic E-state index is 12.7. The summed E-state index contributed by atoms with van der Waals surface area (Å²) in [6.07, 6.45) is -4.40. The maximum absolute atomic E-state index is 12.7. The van der Waals surface area contributed by atoms with Crippen LogP contribution in [0.25, 0.3) is 0 Å². The van der Waals surface area contributed by atoms with Gasteiger partial charge in [-0.2, -0.15) is 13.2 Å². The molecule has 1 fully saturated rings. The number of hydrogen-bond acceptors (Lipinski definition) is 3. The van der Waals surface area contributed by atoms with Gasteiger partial charge in [-0.3, -0.25) is 9.69 Å². The molecule has 1 amide bonds. The summed E-state index contributed by atoms with van der Waals surface area (Å²) >= 11 is 0. The van der Waals surface area contributed by atoms with Gasteiger partial charge in [0.25, 0.3) is 0 Å². The second kappa shape index (κ2) is 4.58. The molecule has 2 unspecified atom stereocenters. The van der Waals surface area contributed by atoms with E-state index in [2.05, 4.69) is 0 Å². The molecule has 1 rings (SSSR count). The van der Waals surface area contributed by atoms with Crippen LogP contribution in [0, 0.1) is 0 Å². The summed E-state index contributed by atoms with van der Waals surface area (Å²) in [7, 11) is 1.58. The van der Waals surface area contributed by atoms with Crippen molar-refractivity contribution in [2.24, 2.45) is 5.73 Å². The summed E-state index contributed by atoms with van der Waals surface area (Å²) in [5.41, 5.74) is 5.35. The average Bonchev–Trinajstić information content (AvgIpc) is 2.08. The van der Waals surface area contributed by atoms with E-state index >= 15 is 0 Å². The van der Waals surface area contributed by atoms with E-state index in [9.17, 15) is 18.0 Å². The van der Waals surface area contributed by atoms with E-state index in [1.54, 1.807) is 7.05 Å². The molecule has 0 aromatic rings. The summed E-state index contributed by atoms with van der Waals surface area (Å²) in [5.74, 6) is -0.304. The molecule has 2 N–H and O–H groups in total. The van der Waals surface area contributed by atoms with Gasteiger partial charge in [0.15, 0.2) is 0 Å². The zero-order chi connectivity index (χ0) is 12.5. The minimum Gasteiger partial charge on any atom is -0.343 e. The van der Waals surface area contributed by atoms with Gasteiger partial charge in [-0.05, 0) is 6.92 Å².